The Morgan fingerprint density at radius 1 is 1.50 bits per heavy atom. The van der Waals surface area contributed by atoms with Crippen molar-refractivity contribution >= 4 is 41.7 Å². The van der Waals surface area contributed by atoms with Gasteiger partial charge in [0.2, 0.25) is 0 Å². The number of hydrogen-bond acceptors (Lipinski definition) is 3. The molecule has 1 aromatic carbocycles. The Balaban J connectivity index is 2.53. The Labute approximate surface area is 121 Å². The van der Waals surface area contributed by atoms with Crippen LogP contribution in [0.25, 0.3) is 5.57 Å². The van der Waals surface area contributed by atoms with E-state index < -0.39 is 5.82 Å². The summed E-state index contributed by atoms with van der Waals surface area (Å²) in [6, 6.07) is 4.72. The first-order chi connectivity index (χ1) is 8.60. The molecule has 0 bridgehead atoms. The van der Waals surface area contributed by atoms with Gasteiger partial charge >= 0.3 is 0 Å². The lowest BCUT2D eigenvalue weighted by Crippen LogP contribution is -2.10. The average molecular weight is 376 g/mol. The monoisotopic (exact) mass is 376 g/mol. The molecule has 0 radical (unpaired) electrons. The molecular weight excluding hydrogens is 366 g/mol. The van der Waals surface area contributed by atoms with E-state index in [1.54, 1.807) is 22.6 Å². The first-order valence-electron chi connectivity index (χ1n) is 5.01. The molecule has 3 nitrogen and oxygen atoms in total. The van der Waals surface area contributed by atoms with Gasteiger partial charge in [-0.15, -0.1) is 0 Å². The van der Waals surface area contributed by atoms with Crippen LogP contribution in [0, 0.1) is 11.2 Å². The molecule has 0 fully saturated rings. The third-order valence-electron chi connectivity index (χ3n) is 2.61. The summed E-state index contributed by atoms with van der Waals surface area (Å²) < 4.78 is 20.4. The SMILES string of the molecule is C=C1C(=N)N(SI)C=C1c1cccc(F)c1OC. The van der Waals surface area contributed by atoms with E-state index in [1.807, 2.05) is 0 Å². The molecule has 6 heteroatoms. The topological polar surface area (TPSA) is 36.3 Å². The van der Waals surface area contributed by atoms with Gasteiger partial charge in [0.1, 0.15) is 5.84 Å². The minimum atomic E-state index is -0.421. The number of amidine groups is 1. The first kappa shape index (κ1) is 13.4. The molecule has 1 N–H and O–H groups in total. The number of para-hydroxylation sites is 1. The van der Waals surface area contributed by atoms with Crippen LogP contribution < -0.4 is 4.74 Å². The van der Waals surface area contributed by atoms with Gasteiger partial charge in [-0.3, -0.25) is 9.71 Å². The Hall–Kier alpha value is -1.02. The van der Waals surface area contributed by atoms with Crippen molar-refractivity contribution in [2.75, 3.05) is 7.11 Å². The molecule has 0 aromatic heterocycles. The predicted octanol–water partition coefficient (Wildman–Crippen LogP) is 4.02. The number of benzene rings is 1. The normalized spacial score (nSPS) is 15.1. The van der Waals surface area contributed by atoms with Crippen LogP contribution in [0.5, 0.6) is 5.75 Å². The molecule has 1 aliphatic heterocycles. The van der Waals surface area contributed by atoms with E-state index in [0.717, 1.165) is 0 Å². The second-order valence-electron chi connectivity index (χ2n) is 3.59. The van der Waals surface area contributed by atoms with Gasteiger partial charge in [0.25, 0.3) is 0 Å². The number of halogens is 2. The third-order valence-corrected chi connectivity index (χ3v) is 4.32. The lowest BCUT2D eigenvalue weighted by molar-refractivity contribution is 0.385. The van der Waals surface area contributed by atoms with Crippen molar-refractivity contribution in [1.29, 1.82) is 5.41 Å². The number of nitrogens with zero attached hydrogens (tertiary/aromatic N) is 1. The fourth-order valence-corrected chi connectivity index (χ4v) is 2.99. The third kappa shape index (κ3) is 2.14. The highest BCUT2D eigenvalue weighted by Crippen LogP contribution is 2.39. The van der Waals surface area contributed by atoms with Crippen LogP contribution in [0.15, 0.2) is 36.6 Å². The minimum Gasteiger partial charge on any atom is -0.493 e. The molecule has 0 aliphatic carbocycles. The van der Waals surface area contributed by atoms with Crippen LogP contribution >= 0.6 is 30.3 Å². The summed E-state index contributed by atoms with van der Waals surface area (Å²) in [7, 11) is 2.79. The zero-order chi connectivity index (χ0) is 13.3. The smallest absolute Gasteiger partial charge is 0.165 e. The van der Waals surface area contributed by atoms with E-state index in [2.05, 4.69) is 27.8 Å². The number of hydrogen-bond donors (Lipinski definition) is 1. The lowest BCUT2D eigenvalue weighted by atomic mass is 10.0. The van der Waals surface area contributed by atoms with Crippen molar-refractivity contribution in [2.45, 2.75) is 0 Å². The van der Waals surface area contributed by atoms with E-state index in [0.29, 0.717) is 22.5 Å². The molecule has 2 rings (SSSR count). The van der Waals surface area contributed by atoms with Crippen molar-refractivity contribution in [3.63, 3.8) is 0 Å². The van der Waals surface area contributed by atoms with Crippen LogP contribution in [0.4, 0.5) is 4.39 Å². The summed E-state index contributed by atoms with van der Waals surface area (Å²) >= 11 is 2.08. The van der Waals surface area contributed by atoms with Gasteiger partial charge in [0.05, 0.1) is 7.11 Å². The largest absolute Gasteiger partial charge is 0.493 e. The van der Waals surface area contributed by atoms with Gasteiger partial charge in [-0.1, -0.05) is 18.7 Å². The zero-order valence-corrected chi connectivity index (χ0v) is 12.5. The summed E-state index contributed by atoms with van der Waals surface area (Å²) in [6.45, 7) is 3.87. The van der Waals surface area contributed by atoms with Gasteiger partial charge in [0.15, 0.2) is 11.6 Å². The second kappa shape index (κ2) is 5.31. The molecule has 1 heterocycles. The summed E-state index contributed by atoms with van der Waals surface area (Å²) in [6.07, 6.45) is 1.76. The fourth-order valence-electron chi connectivity index (χ4n) is 1.74. The minimum absolute atomic E-state index is 0.179. The predicted molar refractivity (Wildman–Crippen MR) is 81.2 cm³/mol. The van der Waals surface area contributed by atoms with Crippen LogP contribution in [0.3, 0.4) is 0 Å². The Bertz CT molecular complexity index is 559. The molecule has 0 saturated carbocycles. The van der Waals surface area contributed by atoms with Gasteiger partial charge in [-0.25, -0.2) is 4.39 Å². The maximum Gasteiger partial charge on any atom is 0.165 e. The van der Waals surface area contributed by atoms with Gasteiger partial charge in [0, 0.05) is 53.2 Å². The van der Waals surface area contributed by atoms with Crippen LogP contribution in [-0.4, -0.2) is 17.3 Å². The first-order valence-corrected chi connectivity index (χ1v) is 8.32. The second-order valence-corrected chi connectivity index (χ2v) is 5.30. The quantitative estimate of drug-likeness (QED) is 0.640. The standard InChI is InChI=1S/C12H10FIN2OS/c1-7-9(6-16(18-14)12(7)15)8-4-3-5-10(13)11(8)17-2/h3-6,15H,1H2,2H3. The van der Waals surface area contributed by atoms with E-state index in [9.17, 15) is 4.39 Å². The van der Waals surface area contributed by atoms with Crippen molar-refractivity contribution in [3.8, 4) is 5.75 Å². The van der Waals surface area contributed by atoms with Crippen LogP contribution in [0.1, 0.15) is 5.56 Å². The van der Waals surface area contributed by atoms with Crippen molar-refractivity contribution in [1.82, 2.24) is 4.31 Å². The summed E-state index contributed by atoms with van der Waals surface area (Å²) in [5.74, 6) is 0.0597. The molecule has 0 saturated heterocycles. The van der Waals surface area contributed by atoms with Crippen molar-refractivity contribution in [2.24, 2.45) is 0 Å². The van der Waals surface area contributed by atoms with Gasteiger partial charge in [-0.05, 0) is 6.07 Å². The van der Waals surface area contributed by atoms with Crippen molar-refractivity contribution < 1.29 is 9.13 Å². The maximum absolute atomic E-state index is 13.7. The molecule has 0 atom stereocenters. The Morgan fingerprint density at radius 2 is 2.22 bits per heavy atom. The number of rotatable bonds is 3. The molecule has 0 unspecified atom stereocenters. The molecular formula is C12H10FIN2OS. The molecule has 0 spiro atoms. The molecule has 94 valence electrons. The fraction of sp³-hybridized carbons (Fsp3) is 0.0833. The van der Waals surface area contributed by atoms with E-state index in [4.69, 9.17) is 10.1 Å². The molecule has 1 aromatic rings. The average Bonchev–Trinajstić information content (AvgIpc) is 2.66. The van der Waals surface area contributed by atoms with E-state index in [-0.39, 0.29) is 5.75 Å². The van der Waals surface area contributed by atoms with E-state index >= 15 is 0 Å². The lowest BCUT2D eigenvalue weighted by Gasteiger charge is -2.10. The van der Waals surface area contributed by atoms with E-state index in [1.165, 1.54) is 22.3 Å². The van der Waals surface area contributed by atoms with Gasteiger partial charge in [-0.2, -0.15) is 0 Å². The maximum atomic E-state index is 13.7. The summed E-state index contributed by atoms with van der Waals surface area (Å²) in [4.78, 5) is 0. The highest BCUT2D eigenvalue weighted by atomic mass is 127. The van der Waals surface area contributed by atoms with Gasteiger partial charge < -0.3 is 4.74 Å². The van der Waals surface area contributed by atoms with Crippen molar-refractivity contribution in [3.05, 3.63) is 47.9 Å². The Kier molecular flexibility index (Phi) is 3.96. The molecule has 0 amide bonds. The summed E-state index contributed by atoms with van der Waals surface area (Å²) in [5, 5.41) is 7.89. The zero-order valence-electron chi connectivity index (χ0n) is 9.54. The highest BCUT2D eigenvalue weighted by molar-refractivity contribution is 14.2. The number of ether oxygens (including phenoxy) is 1. The Morgan fingerprint density at radius 3 is 2.78 bits per heavy atom. The number of nitrogens with one attached hydrogen (secondary N) is 1. The van der Waals surface area contributed by atoms with Crippen LogP contribution in [0.2, 0.25) is 0 Å². The highest BCUT2D eigenvalue weighted by Gasteiger charge is 2.26. The molecule has 1 aliphatic rings. The molecule has 18 heavy (non-hydrogen) atoms. The number of methoxy groups -OCH3 is 1. The summed E-state index contributed by atoms with van der Waals surface area (Å²) in [5.41, 5.74) is 1.88. The van der Waals surface area contributed by atoms with Crippen LogP contribution in [-0.2, 0) is 0 Å².